The molecule has 2 rings (SSSR count). The summed E-state index contributed by atoms with van der Waals surface area (Å²) in [5.74, 6) is -0.233. The summed E-state index contributed by atoms with van der Waals surface area (Å²) in [5, 5.41) is 9.40. The van der Waals surface area contributed by atoms with Crippen molar-refractivity contribution in [3.8, 4) is 0 Å². The van der Waals surface area contributed by atoms with Gasteiger partial charge in [0.05, 0.1) is 5.16 Å². The number of oxime groups is 1. The highest BCUT2D eigenvalue weighted by atomic mass is 19.1. The van der Waals surface area contributed by atoms with E-state index >= 15 is 0 Å². The van der Waals surface area contributed by atoms with E-state index in [0.717, 1.165) is 0 Å². The van der Waals surface area contributed by atoms with Gasteiger partial charge >= 0.3 is 11.5 Å². The van der Waals surface area contributed by atoms with Gasteiger partial charge in [0, 0.05) is 0 Å². The standard InChI is InChI=1S/C10H10FN5O2/c11-7-3-1-2-6(4-7)5-17-15-9(12)8-10(13)16-18-14-8/h1-4H,5H2,(H2,12,15)(H2,13,16)/p+1. The molecule has 0 saturated carbocycles. The molecule has 2 aromatic rings. The van der Waals surface area contributed by atoms with Crippen LogP contribution in [0.3, 0.4) is 0 Å². The molecule has 0 atom stereocenters. The van der Waals surface area contributed by atoms with Gasteiger partial charge in [0.2, 0.25) is 5.84 Å². The first-order chi connectivity index (χ1) is 8.66. The van der Waals surface area contributed by atoms with Gasteiger partial charge in [-0.2, -0.15) is 0 Å². The van der Waals surface area contributed by atoms with Gasteiger partial charge in [0.15, 0.2) is 0 Å². The van der Waals surface area contributed by atoms with Gasteiger partial charge < -0.3 is 16.3 Å². The highest BCUT2D eigenvalue weighted by molar-refractivity contribution is 5.98. The molecule has 0 bridgehead atoms. The topological polar surface area (TPSA) is 114 Å². The van der Waals surface area contributed by atoms with Crippen LogP contribution in [0.2, 0.25) is 0 Å². The molecular weight excluding hydrogens is 241 g/mol. The largest absolute Gasteiger partial charge is 0.389 e. The summed E-state index contributed by atoms with van der Waals surface area (Å²) in [6, 6.07) is 5.95. The van der Waals surface area contributed by atoms with E-state index in [9.17, 15) is 4.39 Å². The number of nitrogen functional groups attached to an aromatic ring is 1. The van der Waals surface area contributed by atoms with Crippen molar-refractivity contribution in [3.63, 3.8) is 0 Å². The highest BCUT2D eigenvalue weighted by Crippen LogP contribution is 2.06. The molecule has 0 saturated heterocycles. The van der Waals surface area contributed by atoms with Crippen LogP contribution in [0.4, 0.5) is 10.2 Å². The zero-order valence-corrected chi connectivity index (χ0v) is 9.26. The molecule has 0 fully saturated rings. The fourth-order valence-corrected chi connectivity index (χ4v) is 1.25. The number of aromatic nitrogens is 2. The second-order valence-corrected chi connectivity index (χ2v) is 3.43. The first-order valence-electron chi connectivity index (χ1n) is 5.00. The predicted octanol–water partition coefficient (Wildman–Crippen LogP) is 0.0471. The minimum absolute atomic E-state index is 0.0334. The number of amidine groups is 1. The lowest BCUT2D eigenvalue weighted by atomic mass is 10.2. The van der Waals surface area contributed by atoms with E-state index in [1.807, 2.05) is 0 Å². The summed E-state index contributed by atoms with van der Waals surface area (Å²) in [6.45, 7) is 0.0833. The van der Waals surface area contributed by atoms with Crippen LogP contribution >= 0.6 is 0 Å². The van der Waals surface area contributed by atoms with Crippen LogP contribution in [0.25, 0.3) is 0 Å². The Bertz CT molecular complexity index is 569. The van der Waals surface area contributed by atoms with Crippen LogP contribution in [-0.2, 0) is 11.4 Å². The molecule has 18 heavy (non-hydrogen) atoms. The second kappa shape index (κ2) is 5.13. The minimum Gasteiger partial charge on any atom is -0.389 e. The Hall–Kier alpha value is -2.64. The van der Waals surface area contributed by atoms with Crippen molar-refractivity contribution in [2.24, 2.45) is 10.9 Å². The fraction of sp³-hybridized carbons (Fsp3) is 0.100. The lowest BCUT2D eigenvalue weighted by molar-refractivity contribution is -0.610. The molecule has 8 heteroatoms. The van der Waals surface area contributed by atoms with Gasteiger partial charge in [0.25, 0.3) is 0 Å². The molecule has 0 unspecified atom stereocenters. The first-order valence-corrected chi connectivity index (χ1v) is 5.00. The number of rotatable bonds is 4. The second-order valence-electron chi connectivity index (χ2n) is 3.43. The zero-order valence-electron chi connectivity index (χ0n) is 9.26. The van der Waals surface area contributed by atoms with Gasteiger partial charge in [-0.3, -0.25) is 0 Å². The van der Waals surface area contributed by atoms with E-state index in [4.69, 9.17) is 16.3 Å². The number of nitrogens with two attached hydrogens (primary N) is 2. The Morgan fingerprint density at radius 1 is 1.56 bits per heavy atom. The molecule has 5 N–H and O–H groups in total. The van der Waals surface area contributed by atoms with E-state index in [1.165, 1.54) is 12.1 Å². The predicted molar refractivity (Wildman–Crippen MR) is 59.4 cm³/mol. The smallest absolute Gasteiger partial charge is 0.303 e. The molecule has 1 heterocycles. The molecule has 0 aliphatic rings. The third-order valence-electron chi connectivity index (χ3n) is 2.07. The van der Waals surface area contributed by atoms with E-state index in [-0.39, 0.29) is 29.8 Å². The first kappa shape index (κ1) is 11.8. The number of benzene rings is 1. The fourth-order valence-electron chi connectivity index (χ4n) is 1.25. The average molecular weight is 252 g/mol. The number of anilines is 1. The number of nitrogens with zero attached hydrogens (tertiary/aromatic N) is 2. The van der Waals surface area contributed by atoms with Crippen molar-refractivity contribution in [1.82, 2.24) is 5.16 Å². The third kappa shape index (κ3) is 2.73. The summed E-state index contributed by atoms with van der Waals surface area (Å²) < 4.78 is 17.4. The molecule has 0 aliphatic carbocycles. The van der Waals surface area contributed by atoms with Crippen LogP contribution in [0.15, 0.2) is 34.1 Å². The number of halogens is 1. The molecule has 7 nitrogen and oxygen atoms in total. The highest BCUT2D eigenvalue weighted by Gasteiger charge is 2.17. The Morgan fingerprint density at radius 3 is 3.06 bits per heavy atom. The quantitative estimate of drug-likeness (QED) is 0.453. The van der Waals surface area contributed by atoms with Gasteiger partial charge in [-0.15, -0.1) is 4.63 Å². The zero-order chi connectivity index (χ0) is 13.0. The van der Waals surface area contributed by atoms with Crippen LogP contribution < -0.4 is 16.6 Å². The van der Waals surface area contributed by atoms with E-state index in [1.54, 1.807) is 12.1 Å². The molecule has 0 aliphatic heterocycles. The van der Waals surface area contributed by atoms with Gasteiger partial charge in [-0.25, -0.2) is 4.39 Å². The number of aromatic amines is 1. The molecule has 0 spiro atoms. The minimum atomic E-state index is -0.344. The maximum atomic E-state index is 12.9. The van der Waals surface area contributed by atoms with Crippen molar-refractivity contribution in [3.05, 3.63) is 41.3 Å². The molecule has 0 amide bonds. The number of hydrogen-bond acceptors (Lipinski definition) is 5. The monoisotopic (exact) mass is 252 g/mol. The van der Waals surface area contributed by atoms with E-state index < -0.39 is 0 Å². The van der Waals surface area contributed by atoms with E-state index in [0.29, 0.717) is 5.56 Å². The maximum Gasteiger partial charge on any atom is 0.303 e. The molecule has 94 valence electrons. The van der Waals surface area contributed by atoms with Crippen molar-refractivity contribution >= 4 is 11.7 Å². The van der Waals surface area contributed by atoms with Crippen LogP contribution in [0.5, 0.6) is 0 Å². The van der Waals surface area contributed by atoms with Crippen molar-refractivity contribution in [2.45, 2.75) is 6.61 Å². The summed E-state index contributed by atoms with van der Waals surface area (Å²) >= 11 is 0. The SMILES string of the molecule is NC(=NOCc1cccc(F)c1)c1no[nH+]c1N. The Kier molecular flexibility index (Phi) is 3.37. The lowest BCUT2D eigenvalue weighted by Crippen LogP contribution is -2.18. The van der Waals surface area contributed by atoms with Crippen molar-refractivity contribution in [2.75, 3.05) is 5.73 Å². The Labute approximate surface area is 101 Å². The van der Waals surface area contributed by atoms with Crippen LogP contribution in [0, 0.1) is 5.82 Å². The summed E-state index contributed by atoms with van der Waals surface area (Å²) in [4.78, 5) is 4.96. The maximum absolute atomic E-state index is 12.9. The Morgan fingerprint density at radius 2 is 2.39 bits per heavy atom. The average Bonchev–Trinajstić information content (AvgIpc) is 2.75. The number of hydrogen-bond donors (Lipinski definition) is 2. The van der Waals surface area contributed by atoms with Gasteiger partial charge in [-0.05, 0) is 17.7 Å². The van der Waals surface area contributed by atoms with Gasteiger partial charge in [0.1, 0.15) is 12.4 Å². The van der Waals surface area contributed by atoms with Crippen molar-refractivity contribution < 1.29 is 19.0 Å². The molecule has 1 aromatic carbocycles. The van der Waals surface area contributed by atoms with Crippen molar-refractivity contribution in [1.29, 1.82) is 0 Å². The summed E-state index contributed by atoms with van der Waals surface area (Å²) in [5.41, 5.74) is 11.8. The summed E-state index contributed by atoms with van der Waals surface area (Å²) in [7, 11) is 0. The lowest BCUT2D eigenvalue weighted by Gasteiger charge is -2.00. The van der Waals surface area contributed by atoms with Crippen LogP contribution in [-0.4, -0.2) is 11.0 Å². The third-order valence-corrected chi connectivity index (χ3v) is 2.07. The van der Waals surface area contributed by atoms with E-state index in [2.05, 4.69) is 20.1 Å². The van der Waals surface area contributed by atoms with Gasteiger partial charge in [-0.1, -0.05) is 22.4 Å². The Balaban J connectivity index is 1.98. The molecule has 1 aromatic heterocycles. The molecule has 0 radical (unpaired) electrons. The number of nitrogens with one attached hydrogen (secondary N) is 1. The normalized spacial score (nSPS) is 11.5. The number of H-pyrrole nitrogens is 1. The summed E-state index contributed by atoms with van der Waals surface area (Å²) in [6.07, 6.45) is 0. The molecular formula is C10H11FN5O2+. The van der Waals surface area contributed by atoms with Crippen LogP contribution in [0.1, 0.15) is 11.3 Å².